The van der Waals surface area contributed by atoms with Gasteiger partial charge in [0.25, 0.3) is 10.0 Å². The molecule has 0 aliphatic heterocycles. The highest BCUT2D eigenvalue weighted by Crippen LogP contribution is 2.27. The van der Waals surface area contributed by atoms with E-state index >= 15 is 0 Å². The Balaban J connectivity index is 2.04. The molecule has 3 rings (SSSR count). The number of carbonyl (C=O) groups is 2. The monoisotopic (exact) mass is 617 g/mol. The van der Waals surface area contributed by atoms with E-state index < -0.39 is 45.8 Å². The summed E-state index contributed by atoms with van der Waals surface area (Å²) in [5.41, 5.74) is 0.774. The molecule has 7 nitrogen and oxygen atoms in total. The number of halogens is 2. The van der Waals surface area contributed by atoms with Crippen LogP contribution >= 0.6 is 15.9 Å². The molecule has 1 N–H and O–H groups in total. The zero-order chi connectivity index (χ0) is 29.0. The van der Waals surface area contributed by atoms with Gasteiger partial charge in [0.2, 0.25) is 11.8 Å². The van der Waals surface area contributed by atoms with E-state index in [1.165, 1.54) is 35.2 Å². The first-order valence-electron chi connectivity index (χ1n) is 12.4. The van der Waals surface area contributed by atoms with Crippen LogP contribution in [0.4, 0.5) is 10.1 Å². The molecule has 3 aromatic rings. The minimum atomic E-state index is -4.34. The summed E-state index contributed by atoms with van der Waals surface area (Å²) in [6.07, 6.45) is 0. The molecule has 0 saturated heterocycles. The average molecular weight is 619 g/mol. The van der Waals surface area contributed by atoms with Gasteiger partial charge in [0.1, 0.15) is 18.4 Å². The molecule has 0 aliphatic rings. The molecule has 0 aromatic heterocycles. The van der Waals surface area contributed by atoms with Crippen molar-refractivity contribution >= 4 is 43.5 Å². The van der Waals surface area contributed by atoms with E-state index in [0.717, 1.165) is 26.0 Å². The largest absolute Gasteiger partial charge is 0.350 e. The minimum Gasteiger partial charge on any atom is -0.350 e. The van der Waals surface area contributed by atoms with Crippen LogP contribution in [0.3, 0.4) is 0 Å². The molecule has 0 bridgehead atoms. The summed E-state index contributed by atoms with van der Waals surface area (Å²) < 4.78 is 44.1. The maximum Gasteiger partial charge on any atom is 0.264 e. The zero-order valence-corrected chi connectivity index (χ0v) is 25.0. The molecule has 0 saturated carbocycles. The molecule has 10 heteroatoms. The molecule has 0 aliphatic carbocycles. The Bertz CT molecular complexity index is 1420. The van der Waals surface area contributed by atoms with E-state index in [1.54, 1.807) is 31.2 Å². The summed E-state index contributed by atoms with van der Waals surface area (Å²) in [6.45, 7) is 8.21. The first-order valence-corrected chi connectivity index (χ1v) is 14.6. The third kappa shape index (κ3) is 7.89. The second-order valence-electron chi connectivity index (χ2n) is 10.3. The van der Waals surface area contributed by atoms with Crippen LogP contribution in [0.5, 0.6) is 0 Å². The van der Waals surface area contributed by atoms with Crippen molar-refractivity contribution in [1.82, 2.24) is 10.2 Å². The number of nitrogens with one attached hydrogen (secondary N) is 1. The van der Waals surface area contributed by atoms with Gasteiger partial charge in [0.05, 0.1) is 10.6 Å². The highest BCUT2D eigenvalue weighted by Gasteiger charge is 2.34. The Kier molecular flexibility index (Phi) is 9.55. The number of hydrogen-bond acceptors (Lipinski definition) is 4. The van der Waals surface area contributed by atoms with Crippen LogP contribution in [0.15, 0.2) is 82.2 Å². The van der Waals surface area contributed by atoms with Gasteiger partial charge in [0.15, 0.2) is 0 Å². The Hall–Kier alpha value is -3.24. The van der Waals surface area contributed by atoms with Gasteiger partial charge in [-0.1, -0.05) is 57.9 Å². The first-order chi connectivity index (χ1) is 18.2. The van der Waals surface area contributed by atoms with Crippen LogP contribution in [0.1, 0.15) is 38.8 Å². The van der Waals surface area contributed by atoms with Crippen molar-refractivity contribution in [1.29, 1.82) is 0 Å². The van der Waals surface area contributed by atoms with Gasteiger partial charge < -0.3 is 10.2 Å². The van der Waals surface area contributed by atoms with Crippen molar-refractivity contribution in [3.8, 4) is 0 Å². The fourth-order valence-electron chi connectivity index (χ4n) is 3.85. The number of hydrogen-bond donors (Lipinski definition) is 1. The number of benzene rings is 3. The quantitative estimate of drug-likeness (QED) is 0.347. The topological polar surface area (TPSA) is 86.8 Å². The normalized spacial score (nSPS) is 12.5. The van der Waals surface area contributed by atoms with Crippen molar-refractivity contribution in [3.05, 3.63) is 94.2 Å². The summed E-state index contributed by atoms with van der Waals surface area (Å²) >= 11 is 3.39. The second-order valence-corrected chi connectivity index (χ2v) is 13.1. The SMILES string of the molecule is Cc1ccc(S(=O)(=O)N(CC(=O)N(Cc2ccc(Br)cc2)[C@@H](C)C(=O)NC(C)(C)C)c2ccccc2F)cc1. The van der Waals surface area contributed by atoms with Crippen molar-refractivity contribution in [3.63, 3.8) is 0 Å². The summed E-state index contributed by atoms with van der Waals surface area (Å²) in [7, 11) is -4.34. The van der Waals surface area contributed by atoms with E-state index in [9.17, 15) is 22.4 Å². The molecule has 0 heterocycles. The van der Waals surface area contributed by atoms with Crippen LogP contribution in [0, 0.1) is 12.7 Å². The number of anilines is 1. The van der Waals surface area contributed by atoms with Gasteiger partial charge in [-0.05, 0) is 76.6 Å². The van der Waals surface area contributed by atoms with E-state index in [4.69, 9.17) is 0 Å². The molecule has 1 atom stereocenters. The maximum atomic E-state index is 15.0. The second kappa shape index (κ2) is 12.3. The summed E-state index contributed by atoms with van der Waals surface area (Å²) in [6, 6.07) is 17.8. The number of carbonyl (C=O) groups excluding carboxylic acids is 2. The van der Waals surface area contributed by atoms with Gasteiger partial charge in [-0.2, -0.15) is 0 Å². The Labute approximate surface area is 238 Å². The average Bonchev–Trinajstić information content (AvgIpc) is 2.86. The number of amides is 2. The van der Waals surface area contributed by atoms with E-state index in [2.05, 4.69) is 21.2 Å². The summed E-state index contributed by atoms with van der Waals surface area (Å²) in [4.78, 5) is 28.2. The van der Waals surface area contributed by atoms with Crippen molar-refractivity contribution in [2.75, 3.05) is 10.8 Å². The molecular formula is C29H33BrFN3O4S. The lowest BCUT2D eigenvalue weighted by atomic mass is 10.1. The van der Waals surface area contributed by atoms with Gasteiger partial charge in [-0.25, -0.2) is 12.8 Å². The number of sulfonamides is 1. The van der Waals surface area contributed by atoms with Gasteiger partial charge in [-0.15, -0.1) is 0 Å². The van der Waals surface area contributed by atoms with E-state index in [0.29, 0.717) is 0 Å². The lowest BCUT2D eigenvalue weighted by Crippen LogP contribution is -2.54. The van der Waals surface area contributed by atoms with Crippen molar-refractivity contribution in [2.24, 2.45) is 0 Å². The molecule has 2 amide bonds. The minimum absolute atomic E-state index is 0.0422. The maximum absolute atomic E-state index is 15.0. The molecule has 208 valence electrons. The van der Waals surface area contributed by atoms with Crippen LogP contribution in [0.2, 0.25) is 0 Å². The third-order valence-corrected chi connectivity index (χ3v) is 8.24. The predicted molar refractivity (Wildman–Crippen MR) is 154 cm³/mol. The highest BCUT2D eigenvalue weighted by atomic mass is 79.9. The lowest BCUT2D eigenvalue weighted by molar-refractivity contribution is -0.140. The Morgan fingerprint density at radius 1 is 0.974 bits per heavy atom. The van der Waals surface area contributed by atoms with E-state index in [-0.39, 0.29) is 17.1 Å². The molecular weight excluding hydrogens is 585 g/mol. The molecule has 39 heavy (non-hydrogen) atoms. The van der Waals surface area contributed by atoms with Crippen LogP contribution in [0.25, 0.3) is 0 Å². The highest BCUT2D eigenvalue weighted by molar-refractivity contribution is 9.10. The zero-order valence-electron chi connectivity index (χ0n) is 22.6. The molecule has 0 spiro atoms. The predicted octanol–water partition coefficient (Wildman–Crippen LogP) is 5.42. The first kappa shape index (κ1) is 30.3. The molecule has 0 unspecified atom stereocenters. The smallest absolute Gasteiger partial charge is 0.264 e. The van der Waals surface area contributed by atoms with Crippen LogP contribution in [-0.4, -0.2) is 43.3 Å². The molecule has 0 radical (unpaired) electrons. The molecule has 0 fully saturated rings. The third-order valence-electron chi connectivity index (χ3n) is 5.94. The Morgan fingerprint density at radius 3 is 2.13 bits per heavy atom. The fraction of sp³-hybridized carbons (Fsp3) is 0.310. The standard InChI is InChI=1S/C29H33BrFN3O4S/c1-20-10-16-24(17-11-20)39(37,38)34(26-9-7-6-8-25(26)31)19-27(35)33(18-22-12-14-23(30)15-13-22)21(2)28(36)32-29(3,4)5/h6-17,21H,18-19H2,1-5H3,(H,32,36)/t21-/m0/s1. The van der Waals surface area contributed by atoms with Crippen molar-refractivity contribution < 1.29 is 22.4 Å². The number of aryl methyl sites for hydroxylation is 1. The summed E-state index contributed by atoms with van der Waals surface area (Å²) in [5, 5.41) is 2.87. The number of para-hydroxylation sites is 1. The van der Waals surface area contributed by atoms with Gasteiger partial charge in [0, 0.05) is 16.6 Å². The van der Waals surface area contributed by atoms with Crippen molar-refractivity contribution in [2.45, 2.75) is 57.6 Å². The molecule has 3 aromatic carbocycles. The number of nitrogens with zero attached hydrogens (tertiary/aromatic N) is 2. The van der Waals surface area contributed by atoms with Gasteiger partial charge in [-0.3, -0.25) is 13.9 Å². The van der Waals surface area contributed by atoms with Crippen LogP contribution in [-0.2, 0) is 26.2 Å². The number of rotatable bonds is 9. The summed E-state index contributed by atoms with van der Waals surface area (Å²) in [5.74, 6) is -1.85. The van der Waals surface area contributed by atoms with E-state index in [1.807, 2.05) is 39.8 Å². The fourth-order valence-corrected chi connectivity index (χ4v) is 5.53. The Morgan fingerprint density at radius 2 is 1.56 bits per heavy atom. The van der Waals surface area contributed by atoms with Gasteiger partial charge >= 0.3 is 0 Å². The van der Waals surface area contributed by atoms with Crippen LogP contribution < -0.4 is 9.62 Å². The lowest BCUT2D eigenvalue weighted by Gasteiger charge is -2.33.